The first-order valence-electron chi connectivity index (χ1n) is 4.94. The highest BCUT2D eigenvalue weighted by Gasteiger charge is 2.17. The van der Waals surface area contributed by atoms with Crippen molar-refractivity contribution >= 4 is 11.3 Å². The summed E-state index contributed by atoms with van der Waals surface area (Å²) in [5.41, 5.74) is 1.39. The van der Waals surface area contributed by atoms with Crippen LogP contribution in [0.15, 0.2) is 24.5 Å². The minimum atomic E-state index is -0.902. The van der Waals surface area contributed by atoms with E-state index in [0.29, 0.717) is 0 Å². The summed E-state index contributed by atoms with van der Waals surface area (Å²) < 4.78 is 13.4. The summed E-state index contributed by atoms with van der Waals surface area (Å²) in [6.45, 7) is 3.96. The Morgan fingerprint density at radius 3 is 2.75 bits per heavy atom. The molecule has 2 nitrogen and oxygen atoms in total. The van der Waals surface area contributed by atoms with Crippen molar-refractivity contribution in [3.05, 3.63) is 51.2 Å². The zero-order valence-corrected chi connectivity index (χ0v) is 9.88. The molecule has 4 heteroatoms. The van der Waals surface area contributed by atoms with E-state index in [1.165, 1.54) is 23.6 Å². The van der Waals surface area contributed by atoms with Crippen molar-refractivity contribution in [3.8, 4) is 0 Å². The Labute approximate surface area is 97.4 Å². The molecule has 0 aliphatic carbocycles. The molecule has 1 N–H and O–H groups in total. The molecule has 0 radical (unpaired) electrons. The standard InChI is InChI=1S/C12H12FNOS/c1-7-5-11(16-8(7)2)12(15)9-3-4-14-6-10(9)13/h3-6,12,15H,1-2H3. The van der Waals surface area contributed by atoms with E-state index in [0.717, 1.165) is 21.5 Å². The number of rotatable bonds is 2. The fourth-order valence-corrected chi connectivity index (χ4v) is 2.55. The van der Waals surface area contributed by atoms with Gasteiger partial charge in [-0.2, -0.15) is 0 Å². The van der Waals surface area contributed by atoms with Crippen LogP contribution in [0.25, 0.3) is 0 Å². The lowest BCUT2D eigenvalue weighted by Gasteiger charge is -2.08. The molecule has 2 aromatic rings. The van der Waals surface area contributed by atoms with Crippen LogP contribution in [-0.2, 0) is 0 Å². The van der Waals surface area contributed by atoms with Gasteiger partial charge in [0.1, 0.15) is 11.9 Å². The summed E-state index contributed by atoms with van der Waals surface area (Å²) in [7, 11) is 0. The maximum atomic E-state index is 13.4. The first-order chi connectivity index (χ1) is 7.59. The van der Waals surface area contributed by atoms with Gasteiger partial charge in [-0.15, -0.1) is 11.3 Å². The van der Waals surface area contributed by atoms with Crippen molar-refractivity contribution in [3.63, 3.8) is 0 Å². The topological polar surface area (TPSA) is 33.1 Å². The minimum absolute atomic E-state index is 0.274. The maximum absolute atomic E-state index is 13.4. The third-order valence-electron chi connectivity index (χ3n) is 2.55. The molecule has 2 heterocycles. The summed E-state index contributed by atoms with van der Waals surface area (Å²) in [6.07, 6.45) is 1.70. The number of aromatic nitrogens is 1. The molecule has 1 atom stereocenters. The molecule has 2 aromatic heterocycles. The van der Waals surface area contributed by atoms with E-state index in [2.05, 4.69) is 4.98 Å². The number of aryl methyl sites for hydroxylation is 2. The number of halogens is 1. The molecule has 0 aliphatic heterocycles. The average Bonchev–Trinajstić information content (AvgIpc) is 2.59. The van der Waals surface area contributed by atoms with Crippen molar-refractivity contribution < 1.29 is 9.50 Å². The quantitative estimate of drug-likeness (QED) is 0.871. The third-order valence-corrected chi connectivity index (χ3v) is 3.76. The average molecular weight is 237 g/mol. The van der Waals surface area contributed by atoms with E-state index in [1.807, 2.05) is 19.9 Å². The van der Waals surface area contributed by atoms with Crippen molar-refractivity contribution in [2.75, 3.05) is 0 Å². The highest BCUT2D eigenvalue weighted by Crippen LogP contribution is 2.31. The first kappa shape index (κ1) is 11.2. The number of thiophene rings is 1. The Morgan fingerprint density at radius 2 is 2.19 bits per heavy atom. The highest BCUT2D eigenvalue weighted by atomic mass is 32.1. The summed E-state index contributed by atoms with van der Waals surface area (Å²) in [5.74, 6) is -0.473. The van der Waals surface area contributed by atoms with Crippen molar-refractivity contribution in [2.24, 2.45) is 0 Å². The Kier molecular flexibility index (Phi) is 3.03. The van der Waals surface area contributed by atoms with Gasteiger partial charge >= 0.3 is 0 Å². The molecule has 0 spiro atoms. The molecular formula is C12H12FNOS. The van der Waals surface area contributed by atoms with Crippen molar-refractivity contribution in [1.29, 1.82) is 0 Å². The molecule has 1 unspecified atom stereocenters. The first-order valence-corrected chi connectivity index (χ1v) is 5.75. The van der Waals surface area contributed by atoms with Gasteiger partial charge in [-0.3, -0.25) is 4.98 Å². The monoisotopic (exact) mass is 237 g/mol. The van der Waals surface area contributed by atoms with Crippen LogP contribution < -0.4 is 0 Å². The molecule has 0 aliphatic rings. The van der Waals surface area contributed by atoms with Gasteiger partial charge in [0.2, 0.25) is 0 Å². The van der Waals surface area contributed by atoms with Gasteiger partial charge in [0.25, 0.3) is 0 Å². The molecule has 84 valence electrons. The second kappa shape index (κ2) is 4.31. The van der Waals surface area contributed by atoms with E-state index < -0.39 is 11.9 Å². The van der Waals surface area contributed by atoms with Crippen LogP contribution >= 0.6 is 11.3 Å². The van der Waals surface area contributed by atoms with Crippen LogP contribution in [0.3, 0.4) is 0 Å². The molecule has 16 heavy (non-hydrogen) atoms. The second-order valence-corrected chi connectivity index (χ2v) is 4.98. The Bertz CT molecular complexity index is 490. The molecule has 0 fully saturated rings. The summed E-state index contributed by atoms with van der Waals surface area (Å²) in [5, 5.41) is 10.1. The van der Waals surface area contributed by atoms with E-state index in [-0.39, 0.29) is 5.56 Å². The molecular weight excluding hydrogens is 225 g/mol. The predicted molar refractivity (Wildman–Crippen MR) is 62.0 cm³/mol. The number of hydrogen-bond acceptors (Lipinski definition) is 3. The van der Waals surface area contributed by atoms with E-state index >= 15 is 0 Å². The molecule has 0 saturated carbocycles. The van der Waals surface area contributed by atoms with Gasteiger partial charge in [0.15, 0.2) is 0 Å². The van der Waals surface area contributed by atoms with E-state index in [1.54, 1.807) is 0 Å². The molecule has 0 saturated heterocycles. The number of pyridine rings is 1. The maximum Gasteiger partial charge on any atom is 0.147 e. The number of nitrogens with zero attached hydrogens (tertiary/aromatic N) is 1. The van der Waals surface area contributed by atoms with Crippen molar-refractivity contribution in [2.45, 2.75) is 20.0 Å². The Morgan fingerprint density at radius 1 is 1.44 bits per heavy atom. The number of aliphatic hydroxyl groups is 1. The number of hydrogen-bond donors (Lipinski definition) is 1. The number of aliphatic hydroxyl groups excluding tert-OH is 1. The molecule has 2 rings (SSSR count). The second-order valence-electron chi connectivity index (χ2n) is 3.69. The highest BCUT2D eigenvalue weighted by molar-refractivity contribution is 7.12. The van der Waals surface area contributed by atoms with Crippen LogP contribution in [0, 0.1) is 19.7 Å². The Balaban J connectivity index is 2.39. The molecule has 0 bridgehead atoms. The van der Waals surface area contributed by atoms with Gasteiger partial charge in [-0.05, 0) is 31.5 Å². The third kappa shape index (κ3) is 1.99. The lowest BCUT2D eigenvalue weighted by Crippen LogP contribution is -2.00. The lowest BCUT2D eigenvalue weighted by atomic mass is 10.1. The van der Waals surface area contributed by atoms with E-state index in [9.17, 15) is 9.50 Å². The SMILES string of the molecule is Cc1cc(C(O)c2ccncc2F)sc1C. The largest absolute Gasteiger partial charge is 0.383 e. The van der Waals surface area contributed by atoms with Crippen LogP contribution in [0.5, 0.6) is 0 Å². The zero-order valence-electron chi connectivity index (χ0n) is 9.07. The van der Waals surface area contributed by atoms with E-state index in [4.69, 9.17) is 0 Å². The summed E-state index contributed by atoms with van der Waals surface area (Å²) >= 11 is 1.49. The Hall–Kier alpha value is -1.26. The zero-order chi connectivity index (χ0) is 11.7. The van der Waals surface area contributed by atoms with Crippen LogP contribution in [0.4, 0.5) is 4.39 Å². The van der Waals surface area contributed by atoms with Gasteiger partial charge in [-0.1, -0.05) is 0 Å². The summed E-state index contributed by atoms with van der Waals surface area (Å²) in [6, 6.07) is 3.40. The van der Waals surface area contributed by atoms with Crippen LogP contribution in [-0.4, -0.2) is 10.1 Å². The fraction of sp³-hybridized carbons (Fsp3) is 0.250. The van der Waals surface area contributed by atoms with Crippen LogP contribution in [0.2, 0.25) is 0 Å². The normalized spacial score (nSPS) is 12.8. The lowest BCUT2D eigenvalue weighted by molar-refractivity contribution is 0.218. The predicted octanol–water partition coefficient (Wildman–Crippen LogP) is 2.98. The minimum Gasteiger partial charge on any atom is -0.383 e. The van der Waals surface area contributed by atoms with Gasteiger partial charge in [0, 0.05) is 21.5 Å². The van der Waals surface area contributed by atoms with Crippen LogP contribution in [0.1, 0.15) is 27.0 Å². The summed E-state index contributed by atoms with van der Waals surface area (Å²) in [4.78, 5) is 5.57. The van der Waals surface area contributed by atoms with Gasteiger partial charge in [-0.25, -0.2) is 4.39 Å². The fourth-order valence-electron chi connectivity index (χ4n) is 1.50. The molecule has 0 aromatic carbocycles. The van der Waals surface area contributed by atoms with Gasteiger partial charge in [0.05, 0.1) is 6.20 Å². The smallest absolute Gasteiger partial charge is 0.147 e. The molecule has 0 amide bonds. The van der Waals surface area contributed by atoms with Crippen molar-refractivity contribution in [1.82, 2.24) is 4.98 Å². The van der Waals surface area contributed by atoms with Gasteiger partial charge < -0.3 is 5.11 Å².